The van der Waals surface area contributed by atoms with Gasteiger partial charge in [-0.1, -0.05) is 6.58 Å². The van der Waals surface area contributed by atoms with Gasteiger partial charge in [-0.3, -0.25) is 9.59 Å². The first kappa shape index (κ1) is 18.3. The van der Waals surface area contributed by atoms with Gasteiger partial charge in [0.15, 0.2) is 0 Å². The Bertz CT molecular complexity index is 883. The van der Waals surface area contributed by atoms with Crippen LogP contribution in [0.15, 0.2) is 45.6 Å². The molecule has 1 aromatic carbocycles. The van der Waals surface area contributed by atoms with Crippen LogP contribution < -0.4 is 10.4 Å². The van der Waals surface area contributed by atoms with E-state index in [2.05, 4.69) is 6.58 Å². The number of fused-ring (bicyclic) bond motifs is 1. The van der Waals surface area contributed by atoms with Gasteiger partial charge < -0.3 is 19.2 Å². The van der Waals surface area contributed by atoms with Crippen molar-refractivity contribution in [1.29, 1.82) is 0 Å². The molecule has 1 amide bonds. The molecule has 0 fully saturated rings. The van der Waals surface area contributed by atoms with Crippen LogP contribution in [0.1, 0.15) is 23.7 Å². The topological polar surface area (TPSA) is 97.0 Å². The van der Waals surface area contributed by atoms with Crippen molar-refractivity contribution in [2.75, 3.05) is 20.2 Å². The van der Waals surface area contributed by atoms with Gasteiger partial charge in [-0.05, 0) is 30.7 Å². The number of carboxylic acid groups (broad SMARTS) is 1. The number of rotatable bonds is 7. The van der Waals surface area contributed by atoms with Crippen LogP contribution in [0.2, 0.25) is 0 Å². The lowest BCUT2D eigenvalue weighted by Crippen LogP contribution is -2.32. The van der Waals surface area contributed by atoms with E-state index in [9.17, 15) is 14.4 Å². The van der Waals surface area contributed by atoms with Gasteiger partial charge in [0.2, 0.25) is 0 Å². The summed E-state index contributed by atoms with van der Waals surface area (Å²) in [7, 11) is 1.43. The van der Waals surface area contributed by atoms with Gasteiger partial charge in [-0.2, -0.15) is 0 Å². The number of hydrogen-bond donors (Lipinski definition) is 1. The van der Waals surface area contributed by atoms with Gasteiger partial charge in [0, 0.05) is 25.0 Å². The molecule has 0 radical (unpaired) electrons. The summed E-state index contributed by atoms with van der Waals surface area (Å²) in [5.74, 6) is -1.08. The van der Waals surface area contributed by atoms with E-state index in [0.29, 0.717) is 23.3 Å². The molecule has 1 heterocycles. The summed E-state index contributed by atoms with van der Waals surface area (Å²) >= 11 is 0. The molecule has 0 atom stereocenters. The lowest BCUT2D eigenvalue weighted by atomic mass is 10.1. The van der Waals surface area contributed by atoms with Crippen LogP contribution >= 0.6 is 0 Å². The van der Waals surface area contributed by atoms with Crippen LogP contribution in [-0.4, -0.2) is 42.1 Å². The summed E-state index contributed by atoms with van der Waals surface area (Å²) in [5, 5.41) is 9.25. The standard InChI is InChI=1S/C18H19NO6/c1-11(2)10-24-13-5-4-12-8-14(18(23)25-15(12)9-13)17(22)19(3)7-6-16(20)21/h4-5,8-9H,1,6-7,10H2,2-3H3,(H,20,21). The summed E-state index contributed by atoms with van der Waals surface area (Å²) in [6.45, 7) is 5.92. The lowest BCUT2D eigenvalue weighted by molar-refractivity contribution is -0.137. The first-order valence-electron chi connectivity index (χ1n) is 7.60. The van der Waals surface area contributed by atoms with Gasteiger partial charge in [-0.15, -0.1) is 0 Å². The average molecular weight is 345 g/mol. The Kier molecular flexibility index (Phi) is 5.59. The van der Waals surface area contributed by atoms with Crippen LogP contribution in [0.25, 0.3) is 11.0 Å². The Labute approximate surface area is 144 Å². The van der Waals surface area contributed by atoms with Crippen LogP contribution in [0, 0.1) is 0 Å². The molecular weight excluding hydrogens is 326 g/mol. The van der Waals surface area contributed by atoms with Crippen LogP contribution in [0.4, 0.5) is 0 Å². The van der Waals surface area contributed by atoms with Crippen LogP contribution in [0.5, 0.6) is 5.75 Å². The van der Waals surface area contributed by atoms with Crippen molar-refractivity contribution in [3.63, 3.8) is 0 Å². The molecule has 0 aliphatic rings. The third-order valence-electron chi connectivity index (χ3n) is 3.43. The Balaban J connectivity index is 2.28. The van der Waals surface area contributed by atoms with E-state index in [1.807, 2.05) is 6.92 Å². The minimum atomic E-state index is -1.02. The molecule has 25 heavy (non-hydrogen) atoms. The smallest absolute Gasteiger partial charge is 0.349 e. The van der Waals surface area contributed by atoms with Gasteiger partial charge in [0.1, 0.15) is 23.5 Å². The molecule has 7 heteroatoms. The molecule has 132 valence electrons. The number of ether oxygens (including phenoxy) is 1. The molecule has 0 saturated heterocycles. The van der Waals surface area contributed by atoms with E-state index in [0.717, 1.165) is 5.57 Å². The maximum Gasteiger partial charge on any atom is 0.349 e. The lowest BCUT2D eigenvalue weighted by Gasteiger charge is -2.15. The van der Waals surface area contributed by atoms with Crippen molar-refractivity contribution in [3.05, 3.63) is 52.4 Å². The van der Waals surface area contributed by atoms with E-state index in [-0.39, 0.29) is 18.5 Å². The predicted molar refractivity (Wildman–Crippen MR) is 92.0 cm³/mol. The summed E-state index contributed by atoms with van der Waals surface area (Å²) < 4.78 is 10.7. The van der Waals surface area contributed by atoms with E-state index in [4.69, 9.17) is 14.3 Å². The third-order valence-corrected chi connectivity index (χ3v) is 3.43. The van der Waals surface area contributed by atoms with Crippen molar-refractivity contribution in [3.8, 4) is 5.75 Å². The SMILES string of the molecule is C=C(C)COc1ccc2cc(C(=O)N(C)CCC(=O)O)c(=O)oc2c1. The molecule has 0 aliphatic carbocycles. The molecule has 0 saturated carbocycles. The summed E-state index contributed by atoms with van der Waals surface area (Å²) in [6, 6.07) is 6.39. The fraction of sp³-hybridized carbons (Fsp3) is 0.278. The summed E-state index contributed by atoms with van der Waals surface area (Å²) in [4.78, 5) is 36.2. The van der Waals surface area contributed by atoms with Gasteiger partial charge in [0.05, 0.1) is 6.42 Å². The minimum absolute atomic E-state index is 0.000669. The van der Waals surface area contributed by atoms with Crippen molar-refractivity contribution in [2.45, 2.75) is 13.3 Å². The van der Waals surface area contributed by atoms with E-state index in [1.54, 1.807) is 18.2 Å². The van der Waals surface area contributed by atoms with Crippen LogP contribution in [0.3, 0.4) is 0 Å². The molecule has 0 unspecified atom stereocenters. The molecule has 1 aromatic heterocycles. The van der Waals surface area contributed by atoms with E-state index >= 15 is 0 Å². The monoisotopic (exact) mass is 345 g/mol. The molecule has 2 aromatic rings. The predicted octanol–water partition coefficient (Wildman–Crippen LogP) is 2.29. The first-order chi connectivity index (χ1) is 11.8. The molecule has 0 spiro atoms. The van der Waals surface area contributed by atoms with Crippen molar-refractivity contribution in [2.24, 2.45) is 0 Å². The second-order valence-electron chi connectivity index (χ2n) is 5.76. The summed E-state index contributed by atoms with van der Waals surface area (Å²) in [6.07, 6.45) is -0.204. The second-order valence-corrected chi connectivity index (χ2v) is 5.76. The number of carbonyl (C=O) groups is 2. The zero-order chi connectivity index (χ0) is 18.6. The number of carboxylic acids is 1. The van der Waals surface area contributed by atoms with Gasteiger partial charge >= 0.3 is 11.6 Å². The fourth-order valence-corrected chi connectivity index (χ4v) is 2.11. The molecule has 2 rings (SSSR count). The fourth-order valence-electron chi connectivity index (χ4n) is 2.11. The number of nitrogens with zero attached hydrogens (tertiary/aromatic N) is 1. The largest absolute Gasteiger partial charge is 0.489 e. The molecule has 0 bridgehead atoms. The van der Waals surface area contributed by atoms with E-state index < -0.39 is 17.5 Å². The minimum Gasteiger partial charge on any atom is -0.489 e. The zero-order valence-electron chi connectivity index (χ0n) is 14.1. The molecule has 7 nitrogen and oxygen atoms in total. The highest BCUT2D eigenvalue weighted by molar-refractivity contribution is 5.96. The number of hydrogen-bond acceptors (Lipinski definition) is 5. The van der Waals surface area contributed by atoms with E-state index in [1.165, 1.54) is 18.0 Å². The van der Waals surface area contributed by atoms with Crippen LogP contribution in [-0.2, 0) is 4.79 Å². The molecular formula is C18H19NO6. The third kappa shape index (κ3) is 4.69. The number of amides is 1. The Morgan fingerprint density at radius 2 is 2.04 bits per heavy atom. The number of carbonyl (C=O) groups excluding carboxylic acids is 1. The quantitative estimate of drug-likeness (QED) is 0.611. The van der Waals surface area contributed by atoms with Gasteiger partial charge in [-0.25, -0.2) is 4.79 Å². The van der Waals surface area contributed by atoms with Crippen molar-refractivity contribution < 1.29 is 23.8 Å². The first-order valence-corrected chi connectivity index (χ1v) is 7.60. The van der Waals surface area contributed by atoms with Crippen molar-refractivity contribution in [1.82, 2.24) is 4.90 Å². The van der Waals surface area contributed by atoms with Crippen molar-refractivity contribution >= 4 is 22.8 Å². The zero-order valence-corrected chi connectivity index (χ0v) is 14.1. The highest BCUT2D eigenvalue weighted by Gasteiger charge is 2.18. The second kappa shape index (κ2) is 7.65. The molecule has 1 N–H and O–H groups in total. The normalized spacial score (nSPS) is 10.5. The van der Waals surface area contributed by atoms with Gasteiger partial charge in [0.25, 0.3) is 5.91 Å². The molecule has 0 aliphatic heterocycles. The highest BCUT2D eigenvalue weighted by Crippen LogP contribution is 2.21. The maximum absolute atomic E-state index is 12.3. The highest BCUT2D eigenvalue weighted by atomic mass is 16.5. The maximum atomic E-state index is 12.3. The summed E-state index contributed by atoms with van der Waals surface area (Å²) in [5.41, 5.74) is 0.230. The Morgan fingerprint density at radius 3 is 2.68 bits per heavy atom. The Morgan fingerprint density at radius 1 is 1.32 bits per heavy atom. The Hall–Kier alpha value is -3.09. The number of benzene rings is 1. The average Bonchev–Trinajstić information content (AvgIpc) is 2.56. The number of aliphatic carboxylic acids is 1.